The zero-order valence-corrected chi connectivity index (χ0v) is 15.0. The highest BCUT2D eigenvalue weighted by atomic mass is 19.4. The summed E-state index contributed by atoms with van der Waals surface area (Å²) in [6, 6.07) is 5.41. The highest BCUT2D eigenvalue weighted by Gasteiger charge is 2.29. The van der Waals surface area contributed by atoms with Crippen molar-refractivity contribution in [1.82, 2.24) is 15.0 Å². The number of aliphatic hydroxyl groups excluding tert-OH is 1. The summed E-state index contributed by atoms with van der Waals surface area (Å²) in [7, 11) is 0. The Labute approximate surface area is 161 Å². The predicted octanol–water partition coefficient (Wildman–Crippen LogP) is 4.08. The summed E-state index contributed by atoms with van der Waals surface area (Å²) in [4.78, 5) is 11.1. The number of aromatic amines is 1. The second kappa shape index (κ2) is 8.19. The minimum Gasteiger partial charge on any atom is -0.484 e. The number of H-pyrrole nitrogens is 1. The minimum absolute atomic E-state index is 0.0120. The van der Waals surface area contributed by atoms with Gasteiger partial charge in [0.25, 0.3) is 0 Å². The first kappa shape index (κ1) is 20.8. The summed E-state index contributed by atoms with van der Waals surface area (Å²) < 4.78 is 70.8. The third kappa shape index (κ3) is 5.31. The topological polar surface area (TPSA) is 80.3 Å². The van der Waals surface area contributed by atoms with Crippen molar-refractivity contribution in [1.29, 1.82) is 0 Å². The zero-order chi connectivity index (χ0) is 21.2. The first-order valence-corrected chi connectivity index (χ1v) is 8.39. The van der Waals surface area contributed by atoms with E-state index in [-0.39, 0.29) is 23.7 Å². The van der Waals surface area contributed by atoms with Crippen LogP contribution in [0, 0.1) is 6.92 Å². The van der Waals surface area contributed by atoms with Crippen LogP contribution in [-0.2, 0) is 6.42 Å². The predicted molar refractivity (Wildman–Crippen MR) is 91.9 cm³/mol. The fourth-order valence-electron chi connectivity index (χ4n) is 2.70. The third-order valence-corrected chi connectivity index (χ3v) is 4.05. The molecular weight excluding hydrogens is 401 g/mol. The van der Waals surface area contributed by atoms with E-state index < -0.39 is 25.5 Å². The number of alkyl halides is 5. The van der Waals surface area contributed by atoms with Gasteiger partial charge in [-0.3, -0.25) is 4.98 Å². The van der Waals surface area contributed by atoms with Crippen molar-refractivity contribution in [3.05, 3.63) is 47.5 Å². The Hall–Kier alpha value is -2.95. The lowest BCUT2D eigenvalue weighted by Crippen LogP contribution is -2.20. The van der Waals surface area contributed by atoms with Gasteiger partial charge in [-0.25, -0.2) is 4.98 Å². The standard InChI is InChI=1S/C18H16F5N3O3/c1-9-12(24-5-4-15(9)28-8-18(21,22)23)7-14(27)16-25-11-3-2-10(29-17(19)20)6-13(11)26-16/h2-6,14,17,27H,7-8H2,1H3,(H,25,26). The maximum Gasteiger partial charge on any atom is 0.422 e. The molecule has 29 heavy (non-hydrogen) atoms. The summed E-state index contributed by atoms with van der Waals surface area (Å²) in [5.41, 5.74) is 1.50. The van der Waals surface area contributed by atoms with Crippen molar-refractivity contribution in [3.8, 4) is 11.5 Å². The molecule has 156 valence electrons. The van der Waals surface area contributed by atoms with Crippen LogP contribution in [0.1, 0.15) is 23.2 Å². The average Bonchev–Trinajstić information content (AvgIpc) is 3.04. The summed E-state index contributed by atoms with van der Waals surface area (Å²) in [6.45, 7) is -2.88. The fourth-order valence-corrected chi connectivity index (χ4v) is 2.70. The van der Waals surface area contributed by atoms with Gasteiger partial charge in [0, 0.05) is 29.9 Å². The van der Waals surface area contributed by atoms with Crippen LogP contribution in [-0.4, -0.2) is 39.5 Å². The Morgan fingerprint density at radius 1 is 1.21 bits per heavy atom. The number of aliphatic hydroxyl groups is 1. The van der Waals surface area contributed by atoms with E-state index >= 15 is 0 Å². The summed E-state index contributed by atoms with van der Waals surface area (Å²) in [5.74, 6) is 0.0852. The number of hydrogen-bond acceptors (Lipinski definition) is 5. The second-order valence-corrected chi connectivity index (χ2v) is 6.18. The van der Waals surface area contributed by atoms with E-state index in [0.29, 0.717) is 22.3 Å². The molecule has 1 aromatic carbocycles. The summed E-state index contributed by atoms with van der Waals surface area (Å²) >= 11 is 0. The van der Waals surface area contributed by atoms with E-state index in [1.54, 1.807) is 0 Å². The maximum absolute atomic E-state index is 12.4. The Kier molecular flexibility index (Phi) is 5.87. The molecule has 0 radical (unpaired) electrons. The molecule has 1 unspecified atom stereocenters. The van der Waals surface area contributed by atoms with Crippen LogP contribution in [0.15, 0.2) is 30.5 Å². The molecule has 6 nitrogen and oxygen atoms in total. The van der Waals surface area contributed by atoms with Crippen LogP contribution in [0.25, 0.3) is 11.0 Å². The number of rotatable bonds is 7. The minimum atomic E-state index is -4.48. The highest BCUT2D eigenvalue weighted by Crippen LogP contribution is 2.27. The van der Waals surface area contributed by atoms with Gasteiger partial charge in [-0.1, -0.05) is 0 Å². The number of halogens is 5. The van der Waals surface area contributed by atoms with Gasteiger partial charge in [-0.05, 0) is 25.1 Å². The molecule has 3 aromatic rings. The number of hydrogen-bond donors (Lipinski definition) is 2. The van der Waals surface area contributed by atoms with Gasteiger partial charge < -0.3 is 19.6 Å². The molecule has 0 bridgehead atoms. The second-order valence-electron chi connectivity index (χ2n) is 6.18. The van der Waals surface area contributed by atoms with E-state index in [2.05, 4.69) is 19.7 Å². The number of pyridine rings is 1. The zero-order valence-electron chi connectivity index (χ0n) is 15.0. The Bertz CT molecular complexity index is 991. The van der Waals surface area contributed by atoms with Crippen LogP contribution >= 0.6 is 0 Å². The molecule has 0 spiro atoms. The molecule has 0 amide bonds. The van der Waals surface area contributed by atoms with E-state index in [9.17, 15) is 27.1 Å². The van der Waals surface area contributed by atoms with E-state index in [1.807, 2.05) is 0 Å². The van der Waals surface area contributed by atoms with Crippen LogP contribution in [0.3, 0.4) is 0 Å². The lowest BCUT2D eigenvalue weighted by atomic mass is 10.1. The molecule has 0 aliphatic rings. The lowest BCUT2D eigenvalue weighted by molar-refractivity contribution is -0.153. The van der Waals surface area contributed by atoms with Crippen molar-refractivity contribution in [2.75, 3.05) is 6.61 Å². The molecule has 0 saturated carbocycles. The van der Waals surface area contributed by atoms with E-state index in [1.165, 1.54) is 37.4 Å². The maximum atomic E-state index is 12.4. The molecule has 3 rings (SSSR count). The highest BCUT2D eigenvalue weighted by molar-refractivity contribution is 5.76. The lowest BCUT2D eigenvalue weighted by Gasteiger charge is -2.14. The van der Waals surface area contributed by atoms with E-state index in [4.69, 9.17) is 4.74 Å². The summed E-state index contributed by atoms with van der Waals surface area (Å²) in [6.07, 6.45) is -4.40. The van der Waals surface area contributed by atoms with Crippen molar-refractivity contribution < 1.29 is 36.5 Å². The van der Waals surface area contributed by atoms with Gasteiger partial charge in [0.05, 0.1) is 11.0 Å². The van der Waals surface area contributed by atoms with Crippen LogP contribution in [0.2, 0.25) is 0 Å². The first-order valence-electron chi connectivity index (χ1n) is 8.39. The molecule has 0 saturated heterocycles. The average molecular weight is 417 g/mol. The van der Waals surface area contributed by atoms with Crippen LogP contribution < -0.4 is 9.47 Å². The number of nitrogens with zero attached hydrogens (tertiary/aromatic N) is 2. The molecule has 11 heteroatoms. The Morgan fingerprint density at radius 3 is 2.66 bits per heavy atom. The van der Waals surface area contributed by atoms with E-state index in [0.717, 1.165) is 0 Å². The molecule has 0 fully saturated rings. The number of benzene rings is 1. The third-order valence-electron chi connectivity index (χ3n) is 4.05. The van der Waals surface area contributed by atoms with Gasteiger partial charge >= 0.3 is 12.8 Å². The number of ether oxygens (including phenoxy) is 2. The van der Waals surface area contributed by atoms with Crippen LogP contribution in [0.4, 0.5) is 22.0 Å². The molecule has 1 atom stereocenters. The fraction of sp³-hybridized carbons (Fsp3) is 0.333. The largest absolute Gasteiger partial charge is 0.484 e. The van der Waals surface area contributed by atoms with Crippen molar-refractivity contribution in [2.24, 2.45) is 0 Å². The summed E-state index contributed by atoms with van der Waals surface area (Å²) in [5, 5.41) is 10.5. The number of imidazole rings is 1. The molecule has 0 aliphatic heterocycles. The van der Waals surface area contributed by atoms with Crippen molar-refractivity contribution >= 4 is 11.0 Å². The number of fused-ring (bicyclic) bond motifs is 1. The Balaban J connectivity index is 1.77. The van der Waals surface area contributed by atoms with Gasteiger partial charge in [0.1, 0.15) is 23.4 Å². The quantitative estimate of drug-likeness (QED) is 0.567. The van der Waals surface area contributed by atoms with Crippen LogP contribution in [0.5, 0.6) is 11.5 Å². The number of aromatic nitrogens is 3. The molecular formula is C18H16F5N3O3. The monoisotopic (exact) mass is 417 g/mol. The van der Waals surface area contributed by atoms with Gasteiger partial charge in [0.15, 0.2) is 6.61 Å². The van der Waals surface area contributed by atoms with Gasteiger partial charge in [0.2, 0.25) is 0 Å². The Morgan fingerprint density at radius 2 is 1.97 bits per heavy atom. The van der Waals surface area contributed by atoms with Crippen molar-refractivity contribution in [3.63, 3.8) is 0 Å². The molecule has 2 aromatic heterocycles. The van der Waals surface area contributed by atoms with Gasteiger partial charge in [-0.15, -0.1) is 0 Å². The first-order chi connectivity index (χ1) is 13.6. The van der Waals surface area contributed by atoms with Gasteiger partial charge in [-0.2, -0.15) is 22.0 Å². The molecule has 2 N–H and O–H groups in total. The SMILES string of the molecule is Cc1c(OCC(F)(F)F)ccnc1CC(O)c1nc2cc(OC(F)F)ccc2[nH]1. The van der Waals surface area contributed by atoms with Crippen molar-refractivity contribution in [2.45, 2.75) is 32.2 Å². The number of nitrogens with one attached hydrogen (secondary N) is 1. The normalized spacial score (nSPS) is 13.1. The molecule has 2 heterocycles. The smallest absolute Gasteiger partial charge is 0.422 e. The molecule has 0 aliphatic carbocycles.